The van der Waals surface area contributed by atoms with E-state index in [1.807, 2.05) is 42.8 Å². The first-order valence-electron chi connectivity index (χ1n) is 10.7. The zero-order valence-corrected chi connectivity index (χ0v) is 20.5. The first kappa shape index (κ1) is 24.0. The number of thioether (sulfide) groups is 1. The minimum absolute atomic E-state index is 0.0475. The number of benzene rings is 2. The number of methoxy groups -OCH3 is 1. The summed E-state index contributed by atoms with van der Waals surface area (Å²) in [6.07, 6.45) is 0. The van der Waals surface area contributed by atoms with Gasteiger partial charge in [0.2, 0.25) is 5.91 Å². The van der Waals surface area contributed by atoms with Crippen LogP contribution in [0.4, 0.5) is 10.2 Å². The van der Waals surface area contributed by atoms with E-state index in [9.17, 15) is 14.4 Å². The number of ether oxygens (including phenoxy) is 1. The predicted molar refractivity (Wildman–Crippen MR) is 132 cm³/mol. The Kier molecular flexibility index (Phi) is 6.89. The number of hydrogen-bond donors (Lipinski definition) is 1. The van der Waals surface area contributed by atoms with Gasteiger partial charge in [-0.05, 0) is 61.9 Å². The number of nitriles is 1. The highest BCUT2D eigenvalue weighted by Gasteiger charge is 2.21. The number of nitrogens with one attached hydrogen (secondary N) is 1. The molecular weight excluding hydrogens is 467 g/mol. The molecule has 178 valence electrons. The van der Waals surface area contributed by atoms with Crippen molar-refractivity contribution in [3.05, 3.63) is 71.2 Å². The minimum atomic E-state index is -0.408. The molecule has 0 spiro atoms. The highest BCUT2D eigenvalue weighted by molar-refractivity contribution is 7.99. The summed E-state index contributed by atoms with van der Waals surface area (Å²) < 4.78 is 22.6. The second kappa shape index (κ2) is 10.0. The number of halogens is 1. The summed E-state index contributed by atoms with van der Waals surface area (Å²) in [6.45, 7) is 3.63. The summed E-state index contributed by atoms with van der Waals surface area (Å²) in [5.74, 6) is 1.04. The number of hydrogen-bond acceptors (Lipinski definition) is 6. The molecule has 1 N–H and O–H groups in total. The molecule has 0 fully saturated rings. The average Bonchev–Trinajstić information content (AvgIpc) is 3.33. The van der Waals surface area contributed by atoms with Crippen molar-refractivity contribution in [1.29, 1.82) is 5.26 Å². The monoisotopic (exact) mass is 490 g/mol. The normalized spacial score (nSPS) is 10.7. The molecule has 1 amide bonds. The fourth-order valence-electron chi connectivity index (χ4n) is 3.73. The van der Waals surface area contributed by atoms with Gasteiger partial charge < -0.3 is 14.6 Å². The Morgan fingerprint density at radius 2 is 1.94 bits per heavy atom. The molecule has 0 aliphatic heterocycles. The van der Waals surface area contributed by atoms with Crippen molar-refractivity contribution < 1.29 is 13.9 Å². The van der Waals surface area contributed by atoms with Gasteiger partial charge in [0.25, 0.3) is 0 Å². The van der Waals surface area contributed by atoms with E-state index in [1.165, 1.54) is 23.9 Å². The van der Waals surface area contributed by atoms with E-state index >= 15 is 0 Å². The lowest BCUT2D eigenvalue weighted by atomic mass is 10.2. The number of nitrogens with zero attached hydrogens (tertiary/aromatic N) is 5. The van der Waals surface area contributed by atoms with Gasteiger partial charge in [-0.2, -0.15) is 5.26 Å². The molecule has 4 rings (SSSR count). The van der Waals surface area contributed by atoms with Gasteiger partial charge in [0.15, 0.2) is 11.0 Å². The Morgan fingerprint density at radius 3 is 2.60 bits per heavy atom. The van der Waals surface area contributed by atoms with E-state index < -0.39 is 5.82 Å². The fraction of sp³-hybridized carbons (Fsp3) is 0.200. The van der Waals surface area contributed by atoms with Gasteiger partial charge in [-0.25, -0.2) is 4.39 Å². The number of aromatic nitrogens is 4. The molecule has 2 aromatic carbocycles. The van der Waals surface area contributed by atoms with Crippen molar-refractivity contribution >= 4 is 23.5 Å². The molecule has 0 bridgehead atoms. The maximum absolute atomic E-state index is 13.9. The van der Waals surface area contributed by atoms with Gasteiger partial charge in [-0.3, -0.25) is 9.36 Å². The molecule has 0 unspecified atom stereocenters. The van der Waals surface area contributed by atoms with Gasteiger partial charge >= 0.3 is 0 Å². The van der Waals surface area contributed by atoms with Crippen molar-refractivity contribution in [2.45, 2.75) is 19.0 Å². The van der Waals surface area contributed by atoms with Gasteiger partial charge in [0, 0.05) is 18.3 Å². The molecule has 0 aliphatic rings. The van der Waals surface area contributed by atoms with E-state index in [-0.39, 0.29) is 11.7 Å². The molecule has 2 heterocycles. The van der Waals surface area contributed by atoms with E-state index in [1.54, 1.807) is 30.7 Å². The molecule has 10 heteroatoms. The maximum Gasteiger partial charge on any atom is 0.236 e. The van der Waals surface area contributed by atoms with Crippen molar-refractivity contribution in [2.75, 3.05) is 18.2 Å². The van der Waals surface area contributed by atoms with Crippen LogP contribution in [0.15, 0.2) is 53.7 Å². The Labute approximate surface area is 206 Å². The summed E-state index contributed by atoms with van der Waals surface area (Å²) in [6, 6.07) is 15.6. The van der Waals surface area contributed by atoms with Crippen LogP contribution in [0.2, 0.25) is 0 Å². The largest absolute Gasteiger partial charge is 0.497 e. The van der Waals surface area contributed by atoms with E-state index in [4.69, 9.17) is 4.74 Å². The van der Waals surface area contributed by atoms with E-state index in [0.29, 0.717) is 28.0 Å². The summed E-state index contributed by atoms with van der Waals surface area (Å²) in [4.78, 5) is 12.9. The third-order valence-corrected chi connectivity index (χ3v) is 6.69. The number of carbonyl (C=O) groups excluding carboxylic acids is 1. The van der Waals surface area contributed by atoms with Crippen molar-refractivity contribution in [3.8, 4) is 28.9 Å². The predicted octanol–water partition coefficient (Wildman–Crippen LogP) is 4.64. The second-order valence-electron chi connectivity index (χ2n) is 7.79. The third-order valence-electron chi connectivity index (χ3n) is 5.67. The van der Waals surface area contributed by atoms with Crippen LogP contribution >= 0.6 is 11.8 Å². The van der Waals surface area contributed by atoms with Crippen LogP contribution in [-0.2, 0) is 11.8 Å². The van der Waals surface area contributed by atoms with Gasteiger partial charge in [-0.15, -0.1) is 10.2 Å². The molecular formula is C25H23FN6O2S. The lowest BCUT2D eigenvalue weighted by Gasteiger charge is -2.13. The first-order valence-corrected chi connectivity index (χ1v) is 11.7. The van der Waals surface area contributed by atoms with Crippen molar-refractivity contribution in [1.82, 2.24) is 19.3 Å². The lowest BCUT2D eigenvalue weighted by Crippen LogP contribution is -2.18. The van der Waals surface area contributed by atoms with Crippen LogP contribution < -0.4 is 10.1 Å². The smallest absolute Gasteiger partial charge is 0.236 e. The van der Waals surface area contributed by atoms with Crippen LogP contribution in [-0.4, -0.2) is 38.1 Å². The second-order valence-corrected chi connectivity index (χ2v) is 8.73. The molecule has 0 saturated heterocycles. The zero-order chi connectivity index (χ0) is 25.1. The Bertz CT molecular complexity index is 1440. The fourth-order valence-corrected chi connectivity index (χ4v) is 4.44. The van der Waals surface area contributed by atoms with Gasteiger partial charge in [-0.1, -0.05) is 17.8 Å². The average molecular weight is 491 g/mol. The molecule has 4 aromatic rings. The highest BCUT2D eigenvalue weighted by atomic mass is 32.2. The van der Waals surface area contributed by atoms with Crippen molar-refractivity contribution in [2.24, 2.45) is 7.05 Å². The van der Waals surface area contributed by atoms with Crippen LogP contribution in [0.3, 0.4) is 0 Å². The minimum Gasteiger partial charge on any atom is -0.497 e. The lowest BCUT2D eigenvalue weighted by molar-refractivity contribution is -0.113. The molecule has 2 aromatic heterocycles. The van der Waals surface area contributed by atoms with Crippen LogP contribution in [0.5, 0.6) is 5.75 Å². The number of carbonyl (C=O) groups is 1. The SMILES string of the molecule is COc1ccc(-c2nnc(SCC(=O)Nc3c(C#N)c(C)c(C)n3-c3cccc(F)c3)n2C)cc1. The number of rotatable bonds is 7. The van der Waals surface area contributed by atoms with Crippen LogP contribution in [0.25, 0.3) is 17.1 Å². The van der Waals surface area contributed by atoms with Crippen molar-refractivity contribution in [3.63, 3.8) is 0 Å². The third kappa shape index (κ3) is 4.76. The molecule has 8 nitrogen and oxygen atoms in total. The quantitative estimate of drug-likeness (QED) is 0.379. The Morgan fingerprint density at radius 1 is 1.20 bits per heavy atom. The summed E-state index contributed by atoms with van der Waals surface area (Å²) in [7, 11) is 3.43. The Balaban J connectivity index is 1.53. The molecule has 0 aliphatic carbocycles. The van der Waals surface area contributed by atoms with Gasteiger partial charge in [0.1, 0.15) is 23.5 Å². The molecule has 0 radical (unpaired) electrons. The number of amides is 1. The van der Waals surface area contributed by atoms with Gasteiger partial charge in [0.05, 0.1) is 24.1 Å². The van der Waals surface area contributed by atoms with Crippen LogP contribution in [0, 0.1) is 31.0 Å². The molecule has 0 atom stereocenters. The topological polar surface area (TPSA) is 97.8 Å². The van der Waals surface area contributed by atoms with E-state index in [2.05, 4.69) is 21.6 Å². The zero-order valence-electron chi connectivity index (χ0n) is 19.7. The summed E-state index contributed by atoms with van der Waals surface area (Å²) in [5, 5.41) is 21.6. The van der Waals surface area contributed by atoms with E-state index in [0.717, 1.165) is 22.6 Å². The first-order chi connectivity index (χ1) is 16.8. The molecule has 35 heavy (non-hydrogen) atoms. The summed E-state index contributed by atoms with van der Waals surface area (Å²) in [5.41, 5.74) is 3.19. The Hall–Kier alpha value is -4.10. The number of anilines is 1. The van der Waals surface area contributed by atoms with Crippen LogP contribution in [0.1, 0.15) is 16.8 Å². The highest BCUT2D eigenvalue weighted by Crippen LogP contribution is 2.31. The summed E-state index contributed by atoms with van der Waals surface area (Å²) >= 11 is 1.23. The molecule has 0 saturated carbocycles. The standard InChI is InChI=1S/C25H23FN6O2S/c1-15-16(2)32(19-7-5-6-18(26)12-19)24(21(15)13-27)28-22(33)14-35-25-30-29-23(31(25)3)17-8-10-20(34-4)11-9-17/h5-12H,14H2,1-4H3,(H,28,33). The maximum atomic E-state index is 13.9.